The van der Waals surface area contributed by atoms with Crippen molar-refractivity contribution < 1.29 is 4.79 Å². The summed E-state index contributed by atoms with van der Waals surface area (Å²) in [6.45, 7) is 4.47. The van der Waals surface area contributed by atoms with E-state index < -0.39 is 0 Å². The third-order valence-electron chi connectivity index (χ3n) is 6.60. The summed E-state index contributed by atoms with van der Waals surface area (Å²) in [5.41, 5.74) is 0. The first kappa shape index (κ1) is 18.3. The van der Waals surface area contributed by atoms with E-state index in [0.29, 0.717) is 23.9 Å². The minimum atomic E-state index is -0.172. The minimum absolute atomic E-state index is 0.0871. The number of nitrogens with zero attached hydrogens (tertiary/aromatic N) is 4. The Morgan fingerprint density at radius 2 is 1.96 bits per heavy atom. The Balaban J connectivity index is 1.40. The molecule has 0 radical (unpaired) electrons. The van der Waals surface area contributed by atoms with Crippen LogP contribution in [0.25, 0.3) is 0 Å². The standard InChI is InChI=1S/C18H29ClN6O/c19-14-3-1-2-13(8-14)15-9-17(22-12-21-15)25-7-6-24-5-4-23(11-20)10-16(24)18(25)26/h13-17,21-22H,1-10,12H2/t13?,14?,15?,16-,17?/m1/s1. The normalized spacial score (nSPS) is 39.4. The molecular formula is C18H29ClN6O. The zero-order valence-corrected chi connectivity index (χ0v) is 16.0. The molecule has 3 aliphatic heterocycles. The summed E-state index contributed by atoms with van der Waals surface area (Å²) >= 11 is 6.40. The Kier molecular flexibility index (Phi) is 5.55. The number of fused-ring (bicyclic) bond motifs is 1. The molecule has 0 aromatic rings. The summed E-state index contributed by atoms with van der Waals surface area (Å²) in [7, 11) is 0. The minimum Gasteiger partial charge on any atom is -0.324 e. The lowest BCUT2D eigenvalue weighted by Gasteiger charge is -2.49. The number of hydrogen-bond donors (Lipinski definition) is 2. The van der Waals surface area contributed by atoms with Gasteiger partial charge in [-0.25, -0.2) is 0 Å². The summed E-state index contributed by atoms with van der Waals surface area (Å²) in [6.07, 6.45) is 7.87. The van der Waals surface area contributed by atoms with Gasteiger partial charge in [-0.05, 0) is 31.6 Å². The van der Waals surface area contributed by atoms with Gasteiger partial charge in [-0.2, -0.15) is 5.26 Å². The average Bonchev–Trinajstić information content (AvgIpc) is 2.68. The first-order valence-electron chi connectivity index (χ1n) is 9.95. The molecule has 2 N–H and O–H groups in total. The fourth-order valence-corrected chi connectivity index (χ4v) is 5.49. The second kappa shape index (κ2) is 7.89. The van der Waals surface area contributed by atoms with Gasteiger partial charge in [0.25, 0.3) is 0 Å². The van der Waals surface area contributed by atoms with E-state index in [1.807, 2.05) is 4.90 Å². The Hall–Kier alpha value is -1.07. The van der Waals surface area contributed by atoms with Gasteiger partial charge in [0.1, 0.15) is 6.04 Å². The molecule has 26 heavy (non-hydrogen) atoms. The fourth-order valence-electron chi connectivity index (χ4n) is 5.10. The quantitative estimate of drug-likeness (QED) is 0.531. The zero-order chi connectivity index (χ0) is 18.1. The van der Waals surface area contributed by atoms with Crippen LogP contribution in [0, 0.1) is 17.4 Å². The van der Waals surface area contributed by atoms with Crippen molar-refractivity contribution >= 4 is 17.5 Å². The number of nitriles is 1. The summed E-state index contributed by atoms with van der Waals surface area (Å²) in [6, 6.07) is 0.254. The van der Waals surface area contributed by atoms with Crippen molar-refractivity contribution in [1.29, 1.82) is 5.26 Å². The lowest BCUT2D eigenvalue weighted by Crippen LogP contribution is -2.69. The van der Waals surface area contributed by atoms with Crippen LogP contribution in [0.5, 0.6) is 0 Å². The van der Waals surface area contributed by atoms with Gasteiger partial charge >= 0.3 is 0 Å². The Morgan fingerprint density at radius 1 is 1.12 bits per heavy atom. The lowest BCUT2D eigenvalue weighted by molar-refractivity contribution is -0.149. The van der Waals surface area contributed by atoms with Crippen LogP contribution in [-0.2, 0) is 4.79 Å². The van der Waals surface area contributed by atoms with Crippen LogP contribution in [0.4, 0.5) is 0 Å². The van der Waals surface area contributed by atoms with Gasteiger partial charge in [-0.1, -0.05) is 6.42 Å². The fraction of sp³-hybridized carbons (Fsp3) is 0.889. The third-order valence-corrected chi connectivity index (χ3v) is 7.00. The molecular weight excluding hydrogens is 352 g/mol. The molecule has 5 atom stereocenters. The van der Waals surface area contributed by atoms with Crippen molar-refractivity contribution in [2.24, 2.45) is 5.92 Å². The third kappa shape index (κ3) is 3.65. The Labute approximate surface area is 160 Å². The van der Waals surface area contributed by atoms with Crippen LogP contribution in [0.3, 0.4) is 0 Å². The maximum absolute atomic E-state index is 13.1. The maximum atomic E-state index is 13.1. The van der Waals surface area contributed by atoms with E-state index in [4.69, 9.17) is 11.6 Å². The molecule has 4 fully saturated rings. The van der Waals surface area contributed by atoms with Gasteiger partial charge in [0.05, 0.1) is 12.7 Å². The number of rotatable bonds is 2. The smallest absolute Gasteiger partial charge is 0.243 e. The SMILES string of the molecule is N#CN1CCN2CCN(C3CC(C4CCCC(Cl)C4)NCN3)C(=O)[C@H]2C1. The molecule has 8 heteroatoms. The number of nitrogens with one attached hydrogen (secondary N) is 2. The first-order chi connectivity index (χ1) is 12.7. The van der Waals surface area contributed by atoms with Crippen molar-refractivity contribution in [1.82, 2.24) is 25.3 Å². The highest BCUT2D eigenvalue weighted by Crippen LogP contribution is 2.32. The van der Waals surface area contributed by atoms with Gasteiger partial charge in [0.15, 0.2) is 6.19 Å². The van der Waals surface area contributed by atoms with Gasteiger partial charge in [0, 0.05) is 44.3 Å². The second-order valence-corrected chi connectivity index (χ2v) is 8.71. The van der Waals surface area contributed by atoms with E-state index >= 15 is 0 Å². The molecule has 4 aliphatic rings. The van der Waals surface area contributed by atoms with Crippen molar-refractivity contribution in [2.45, 2.75) is 55.7 Å². The molecule has 7 nitrogen and oxygen atoms in total. The van der Waals surface area contributed by atoms with E-state index in [0.717, 1.165) is 52.1 Å². The van der Waals surface area contributed by atoms with Crippen LogP contribution < -0.4 is 10.6 Å². The summed E-state index contributed by atoms with van der Waals surface area (Å²) in [5.74, 6) is 0.782. The molecule has 144 valence electrons. The van der Waals surface area contributed by atoms with Crippen molar-refractivity contribution in [3.05, 3.63) is 0 Å². The molecule has 4 unspecified atom stereocenters. The van der Waals surface area contributed by atoms with Crippen LogP contribution >= 0.6 is 11.6 Å². The molecule has 1 saturated carbocycles. The molecule has 1 aliphatic carbocycles. The van der Waals surface area contributed by atoms with Gasteiger partial charge in [-0.15, -0.1) is 11.6 Å². The van der Waals surface area contributed by atoms with E-state index in [1.165, 1.54) is 12.8 Å². The van der Waals surface area contributed by atoms with Gasteiger partial charge in [-0.3, -0.25) is 15.0 Å². The topological polar surface area (TPSA) is 74.6 Å². The van der Waals surface area contributed by atoms with Crippen LogP contribution in [-0.4, -0.2) is 83.6 Å². The zero-order valence-electron chi connectivity index (χ0n) is 15.2. The molecule has 3 heterocycles. The van der Waals surface area contributed by atoms with Crippen molar-refractivity contribution in [3.63, 3.8) is 0 Å². The maximum Gasteiger partial charge on any atom is 0.243 e. The second-order valence-electron chi connectivity index (χ2n) is 8.10. The molecule has 0 aromatic carbocycles. The van der Waals surface area contributed by atoms with E-state index in [1.54, 1.807) is 4.90 Å². The first-order valence-corrected chi connectivity index (χ1v) is 10.4. The molecule has 1 amide bonds. The number of alkyl halides is 1. The highest BCUT2D eigenvalue weighted by molar-refractivity contribution is 6.20. The molecule has 0 bridgehead atoms. The molecule has 0 spiro atoms. The molecule has 3 saturated heterocycles. The number of carbonyl (C=O) groups is 1. The predicted octanol–water partition coefficient (Wildman–Crippen LogP) is 0.329. The number of halogens is 1. The van der Waals surface area contributed by atoms with Crippen LogP contribution in [0.1, 0.15) is 32.1 Å². The van der Waals surface area contributed by atoms with Crippen molar-refractivity contribution in [2.75, 3.05) is 39.4 Å². The van der Waals surface area contributed by atoms with Crippen LogP contribution in [0.15, 0.2) is 0 Å². The average molecular weight is 381 g/mol. The van der Waals surface area contributed by atoms with Gasteiger partial charge < -0.3 is 15.1 Å². The number of hydrogen-bond acceptors (Lipinski definition) is 6. The molecule has 0 aromatic heterocycles. The summed E-state index contributed by atoms with van der Waals surface area (Å²) < 4.78 is 0. The van der Waals surface area contributed by atoms with Gasteiger partial charge in [0.2, 0.25) is 5.91 Å². The Morgan fingerprint density at radius 3 is 2.77 bits per heavy atom. The van der Waals surface area contributed by atoms with E-state index in [-0.39, 0.29) is 18.1 Å². The largest absolute Gasteiger partial charge is 0.324 e. The number of piperazine rings is 2. The summed E-state index contributed by atoms with van der Waals surface area (Å²) in [5, 5.41) is 16.6. The van der Waals surface area contributed by atoms with Crippen LogP contribution in [0.2, 0.25) is 0 Å². The monoisotopic (exact) mass is 380 g/mol. The lowest BCUT2D eigenvalue weighted by atomic mass is 9.81. The number of carbonyl (C=O) groups excluding carboxylic acids is 1. The van der Waals surface area contributed by atoms with Crippen molar-refractivity contribution in [3.8, 4) is 6.19 Å². The highest BCUT2D eigenvalue weighted by Gasteiger charge is 2.42. The number of amides is 1. The molecule has 4 rings (SSSR count). The predicted molar refractivity (Wildman–Crippen MR) is 99.2 cm³/mol. The summed E-state index contributed by atoms with van der Waals surface area (Å²) in [4.78, 5) is 19.1. The van der Waals surface area contributed by atoms with E-state index in [2.05, 4.69) is 21.7 Å². The van der Waals surface area contributed by atoms with E-state index in [9.17, 15) is 10.1 Å². The highest BCUT2D eigenvalue weighted by atomic mass is 35.5. The Bertz CT molecular complexity index is 568.